The van der Waals surface area contributed by atoms with Crippen LogP contribution in [0.4, 0.5) is 9.93 Å². The Bertz CT molecular complexity index is 1110. The van der Waals surface area contributed by atoms with Crippen LogP contribution in [0.15, 0.2) is 48.7 Å². The van der Waals surface area contributed by atoms with Gasteiger partial charge in [-0.1, -0.05) is 36.4 Å². The number of nitrogens with one attached hydrogen (secondary N) is 2. The first-order valence-corrected chi connectivity index (χ1v) is 9.54. The van der Waals surface area contributed by atoms with Crippen molar-refractivity contribution in [1.82, 2.24) is 15.2 Å². The van der Waals surface area contributed by atoms with E-state index in [4.69, 9.17) is 0 Å². The van der Waals surface area contributed by atoms with Crippen molar-refractivity contribution in [3.63, 3.8) is 0 Å². The largest absolute Gasteiger partial charge is 0.325 e. The minimum atomic E-state index is -1.22. The van der Waals surface area contributed by atoms with E-state index in [9.17, 15) is 14.4 Å². The van der Waals surface area contributed by atoms with E-state index in [1.165, 1.54) is 11.3 Å². The molecule has 0 aliphatic carbocycles. The van der Waals surface area contributed by atoms with Crippen LogP contribution in [0.3, 0.4) is 0 Å². The van der Waals surface area contributed by atoms with Crippen LogP contribution >= 0.6 is 11.3 Å². The zero-order chi connectivity index (χ0) is 19.9. The van der Waals surface area contributed by atoms with Gasteiger partial charge < -0.3 is 10.6 Å². The van der Waals surface area contributed by atoms with Crippen LogP contribution in [0.25, 0.3) is 10.8 Å². The third-order valence-corrected chi connectivity index (χ3v) is 5.60. The molecule has 1 unspecified atom stereocenters. The summed E-state index contributed by atoms with van der Waals surface area (Å²) in [5.41, 5.74) is -0.554. The molecule has 1 saturated heterocycles. The fraction of sp³-hybridized carbons (Fsp3) is 0.200. The number of carbonyl (C=O) groups excluding carboxylic acids is 3. The van der Waals surface area contributed by atoms with E-state index in [0.29, 0.717) is 10.7 Å². The van der Waals surface area contributed by atoms with Crippen molar-refractivity contribution < 1.29 is 14.4 Å². The molecule has 142 valence electrons. The maximum Gasteiger partial charge on any atom is 0.325 e. The van der Waals surface area contributed by atoms with Crippen LogP contribution in [0.2, 0.25) is 0 Å². The quantitative estimate of drug-likeness (QED) is 0.666. The number of urea groups is 1. The first kappa shape index (κ1) is 18.1. The number of hydrogen-bond donors (Lipinski definition) is 2. The summed E-state index contributed by atoms with van der Waals surface area (Å²) in [5.74, 6) is -0.932. The molecule has 4 rings (SSSR count). The molecular weight excluding hydrogens is 376 g/mol. The number of anilines is 1. The molecule has 3 aromatic rings. The highest BCUT2D eigenvalue weighted by molar-refractivity contribution is 7.15. The average molecular weight is 394 g/mol. The first-order valence-electron chi connectivity index (χ1n) is 8.72. The van der Waals surface area contributed by atoms with Crippen LogP contribution in [0.5, 0.6) is 0 Å². The highest BCUT2D eigenvalue weighted by atomic mass is 32.1. The van der Waals surface area contributed by atoms with Gasteiger partial charge in [0.2, 0.25) is 5.91 Å². The minimum absolute atomic E-state index is 0.369. The van der Waals surface area contributed by atoms with Crippen LogP contribution in [0, 0.1) is 6.92 Å². The lowest BCUT2D eigenvalue weighted by atomic mass is 9.90. The number of aryl methyl sites for hydroxylation is 1. The molecule has 1 atom stereocenters. The first-order chi connectivity index (χ1) is 13.4. The monoisotopic (exact) mass is 394 g/mol. The summed E-state index contributed by atoms with van der Waals surface area (Å²) in [6.45, 7) is 3.16. The summed E-state index contributed by atoms with van der Waals surface area (Å²) in [6.07, 6.45) is 1.64. The van der Waals surface area contributed by atoms with E-state index in [1.807, 2.05) is 49.4 Å². The van der Waals surface area contributed by atoms with Crippen molar-refractivity contribution in [2.45, 2.75) is 19.4 Å². The summed E-state index contributed by atoms with van der Waals surface area (Å²) in [7, 11) is 0. The Kier molecular flexibility index (Phi) is 4.35. The Morgan fingerprint density at radius 3 is 2.68 bits per heavy atom. The average Bonchev–Trinajstić information content (AvgIpc) is 3.17. The van der Waals surface area contributed by atoms with Crippen LogP contribution in [0.1, 0.15) is 17.4 Å². The molecule has 2 N–H and O–H groups in total. The van der Waals surface area contributed by atoms with Gasteiger partial charge in [-0.3, -0.25) is 14.5 Å². The smallest absolute Gasteiger partial charge is 0.319 e. The number of thiazole rings is 1. The molecule has 1 aliphatic heterocycles. The highest BCUT2D eigenvalue weighted by Crippen LogP contribution is 2.31. The molecule has 2 heterocycles. The Morgan fingerprint density at radius 1 is 1.21 bits per heavy atom. The van der Waals surface area contributed by atoms with E-state index in [0.717, 1.165) is 20.5 Å². The second-order valence-electron chi connectivity index (χ2n) is 6.83. The SMILES string of the molecule is Cc1cnc(NC(=O)CN2C(=O)NC(C)(c3ccc4ccccc4c3)C2=O)s1. The predicted molar refractivity (Wildman–Crippen MR) is 107 cm³/mol. The van der Waals surface area contributed by atoms with Gasteiger partial charge in [0.1, 0.15) is 12.1 Å². The van der Waals surface area contributed by atoms with Gasteiger partial charge in [0.25, 0.3) is 5.91 Å². The molecule has 7 nitrogen and oxygen atoms in total. The number of benzene rings is 2. The molecule has 1 aromatic heterocycles. The molecule has 2 aromatic carbocycles. The molecular formula is C20H18N4O3S. The van der Waals surface area contributed by atoms with Crippen molar-refractivity contribution in [2.24, 2.45) is 0 Å². The summed E-state index contributed by atoms with van der Waals surface area (Å²) in [4.78, 5) is 43.7. The number of fused-ring (bicyclic) bond motifs is 1. The van der Waals surface area contributed by atoms with Gasteiger partial charge in [-0.05, 0) is 36.2 Å². The third-order valence-electron chi connectivity index (χ3n) is 4.77. The number of rotatable bonds is 4. The standard InChI is InChI=1S/C20H18N4O3S/c1-12-10-21-18(28-12)22-16(25)11-24-17(26)20(2,23-19(24)27)15-8-7-13-5-3-4-6-14(13)9-15/h3-10H,11H2,1-2H3,(H,23,27)(H,21,22,25). The molecule has 4 amide bonds. The van der Waals surface area contributed by atoms with E-state index in [1.54, 1.807) is 13.1 Å². The maximum absolute atomic E-state index is 13.0. The van der Waals surface area contributed by atoms with Gasteiger partial charge >= 0.3 is 6.03 Å². The zero-order valence-corrected chi connectivity index (χ0v) is 16.2. The maximum atomic E-state index is 13.0. The minimum Gasteiger partial charge on any atom is -0.319 e. The number of aromatic nitrogens is 1. The van der Waals surface area contributed by atoms with Gasteiger partial charge in [-0.25, -0.2) is 9.78 Å². The molecule has 0 spiro atoms. The van der Waals surface area contributed by atoms with E-state index in [-0.39, 0.29) is 6.54 Å². The fourth-order valence-electron chi connectivity index (χ4n) is 3.25. The van der Waals surface area contributed by atoms with Crippen LogP contribution in [-0.4, -0.2) is 34.3 Å². The van der Waals surface area contributed by atoms with Crippen molar-refractivity contribution in [2.75, 3.05) is 11.9 Å². The summed E-state index contributed by atoms with van der Waals surface area (Å²) in [6, 6.07) is 12.8. The summed E-state index contributed by atoms with van der Waals surface area (Å²) >= 11 is 1.33. The van der Waals surface area contributed by atoms with Gasteiger partial charge in [0.05, 0.1) is 0 Å². The number of amides is 4. The number of imide groups is 1. The normalized spacial score (nSPS) is 19.1. The zero-order valence-electron chi connectivity index (χ0n) is 15.4. The van der Waals surface area contributed by atoms with Crippen LogP contribution < -0.4 is 10.6 Å². The lowest BCUT2D eigenvalue weighted by Crippen LogP contribution is -2.42. The Labute approximate surface area is 165 Å². The van der Waals surface area contributed by atoms with Gasteiger partial charge in [-0.2, -0.15) is 0 Å². The van der Waals surface area contributed by atoms with Gasteiger partial charge in [-0.15, -0.1) is 11.3 Å². The van der Waals surface area contributed by atoms with E-state index >= 15 is 0 Å². The fourth-order valence-corrected chi connectivity index (χ4v) is 3.93. The Balaban J connectivity index is 1.55. The van der Waals surface area contributed by atoms with Crippen LogP contribution in [-0.2, 0) is 15.1 Å². The molecule has 0 bridgehead atoms. The third kappa shape index (κ3) is 3.11. The molecule has 1 fully saturated rings. The molecule has 1 aliphatic rings. The molecule has 0 radical (unpaired) electrons. The second-order valence-corrected chi connectivity index (χ2v) is 8.07. The Hall–Kier alpha value is -3.26. The number of carbonyl (C=O) groups is 3. The van der Waals surface area contributed by atoms with Crippen molar-refractivity contribution >= 4 is 45.1 Å². The van der Waals surface area contributed by atoms with E-state index < -0.39 is 23.4 Å². The number of nitrogens with zero attached hydrogens (tertiary/aromatic N) is 2. The van der Waals surface area contributed by atoms with Crippen molar-refractivity contribution in [3.05, 3.63) is 59.1 Å². The summed E-state index contributed by atoms with van der Waals surface area (Å²) in [5, 5.41) is 7.80. The lowest BCUT2D eigenvalue weighted by Gasteiger charge is -2.22. The van der Waals surface area contributed by atoms with E-state index in [2.05, 4.69) is 15.6 Å². The predicted octanol–water partition coefficient (Wildman–Crippen LogP) is 3.01. The topological polar surface area (TPSA) is 91.4 Å². The molecule has 0 saturated carbocycles. The number of hydrogen-bond acceptors (Lipinski definition) is 5. The van der Waals surface area contributed by atoms with Crippen molar-refractivity contribution in [3.8, 4) is 0 Å². The highest BCUT2D eigenvalue weighted by Gasteiger charge is 2.49. The molecule has 8 heteroatoms. The molecule has 28 heavy (non-hydrogen) atoms. The lowest BCUT2D eigenvalue weighted by molar-refractivity contribution is -0.133. The van der Waals surface area contributed by atoms with Crippen molar-refractivity contribution in [1.29, 1.82) is 0 Å². The summed E-state index contributed by atoms with van der Waals surface area (Å²) < 4.78 is 0. The second kappa shape index (κ2) is 6.72. The van der Waals surface area contributed by atoms with Gasteiger partial charge in [0.15, 0.2) is 5.13 Å². The Morgan fingerprint density at radius 2 is 1.96 bits per heavy atom. The van der Waals surface area contributed by atoms with Gasteiger partial charge in [0, 0.05) is 11.1 Å².